The van der Waals surface area contributed by atoms with E-state index in [1.54, 1.807) is 17.0 Å². The lowest BCUT2D eigenvalue weighted by Crippen LogP contribution is -2.45. The van der Waals surface area contributed by atoms with Gasteiger partial charge in [-0.3, -0.25) is 4.79 Å². The number of phenolic OH excluding ortho intramolecular Hbond substituents is 1. The number of nitrogens with zero attached hydrogens (tertiary/aromatic N) is 1. The Morgan fingerprint density at radius 2 is 1.67 bits per heavy atom. The molecule has 4 rings (SSSR count). The number of hydrogen-bond donors (Lipinski definition) is 1. The topological polar surface area (TPSA) is 40.5 Å². The van der Waals surface area contributed by atoms with Crippen molar-refractivity contribution in [1.29, 1.82) is 0 Å². The summed E-state index contributed by atoms with van der Waals surface area (Å²) in [5.74, 6) is -0.169. The highest BCUT2D eigenvalue weighted by Crippen LogP contribution is 2.22. The van der Waals surface area contributed by atoms with Crippen molar-refractivity contribution in [3.05, 3.63) is 64.5 Å². The summed E-state index contributed by atoms with van der Waals surface area (Å²) < 4.78 is 12.5. The van der Waals surface area contributed by atoms with E-state index in [9.17, 15) is 14.3 Å². The molecule has 1 atom stereocenters. The summed E-state index contributed by atoms with van der Waals surface area (Å²) in [6.45, 7) is -0.252. The van der Waals surface area contributed by atoms with E-state index >= 15 is 0 Å². The van der Waals surface area contributed by atoms with Crippen molar-refractivity contribution in [3.8, 4) is 5.75 Å². The molecule has 0 spiro atoms. The molecule has 1 saturated heterocycles. The first-order valence-corrected chi connectivity index (χ1v) is 8.41. The number of phenols is 1. The van der Waals surface area contributed by atoms with E-state index in [1.165, 1.54) is 10.4 Å². The molecule has 1 aliphatic heterocycles. The fourth-order valence-corrected chi connectivity index (χ4v) is 3.18. The normalized spacial score (nSPS) is 17.7. The van der Waals surface area contributed by atoms with Gasteiger partial charge in [-0.25, -0.2) is 4.39 Å². The third-order valence-corrected chi connectivity index (χ3v) is 4.69. The van der Waals surface area contributed by atoms with E-state index in [0.29, 0.717) is 6.54 Å². The molecule has 1 N–H and O–H groups in total. The van der Waals surface area contributed by atoms with E-state index in [2.05, 4.69) is 24.3 Å². The Hall–Kier alpha value is -2.36. The Kier molecular flexibility index (Phi) is 5.14. The Labute approximate surface area is 141 Å². The van der Waals surface area contributed by atoms with Gasteiger partial charge in [0.25, 0.3) is 5.91 Å². The molecule has 0 bridgehead atoms. The minimum Gasteiger partial charge on any atom is -0.508 e. The summed E-state index contributed by atoms with van der Waals surface area (Å²) in [6.07, 6.45) is 3.69. The molecule has 1 unspecified atom stereocenters. The zero-order chi connectivity index (χ0) is 16.9. The third kappa shape index (κ3) is 3.75. The van der Waals surface area contributed by atoms with E-state index in [1.807, 2.05) is 12.1 Å². The number of hydrogen-bond acceptors (Lipinski definition) is 2. The van der Waals surface area contributed by atoms with Gasteiger partial charge in [0, 0.05) is 12.6 Å². The zero-order valence-electron chi connectivity index (χ0n) is 13.6. The summed E-state index contributed by atoms with van der Waals surface area (Å²) >= 11 is 0. The average Bonchev–Trinajstić information content (AvgIpc) is 2.60. The Bertz CT molecular complexity index is 738. The first-order valence-electron chi connectivity index (χ1n) is 8.41. The second kappa shape index (κ2) is 7.47. The van der Waals surface area contributed by atoms with E-state index < -0.39 is 12.6 Å². The molecule has 24 heavy (non-hydrogen) atoms. The van der Waals surface area contributed by atoms with Crippen molar-refractivity contribution in [2.45, 2.75) is 31.7 Å². The molecule has 126 valence electrons. The molecule has 3 nitrogen and oxygen atoms in total. The smallest absolute Gasteiger partial charge is 0.254 e. The number of likely N-dealkylation sites (tertiary alicyclic amines) is 1. The second-order valence-corrected chi connectivity index (χ2v) is 6.32. The van der Waals surface area contributed by atoms with Crippen molar-refractivity contribution < 1.29 is 14.3 Å². The van der Waals surface area contributed by atoms with Gasteiger partial charge >= 0.3 is 0 Å². The van der Waals surface area contributed by atoms with Gasteiger partial charge in [0.15, 0.2) is 6.67 Å². The maximum Gasteiger partial charge on any atom is 0.254 e. The zero-order valence-corrected chi connectivity index (χ0v) is 13.6. The molecule has 1 heterocycles. The van der Waals surface area contributed by atoms with E-state index in [0.717, 1.165) is 31.2 Å². The number of piperidine rings is 1. The van der Waals surface area contributed by atoms with Crippen LogP contribution in [0.3, 0.4) is 0 Å². The van der Waals surface area contributed by atoms with Gasteiger partial charge in [0.1, 0.15) is 5.75 Å². The second-order valence-electron chi connectivity index (χ2n) is 6.32. The number of carbonyl (C=O) groups is 1. The molecule has 1 aromatic rings. The number of amides is 1. The van der Waals surface area contributed by atoms with Gasteiger partial charge in [-0.05, 0) is 53.8 Å². The van der Waals surface area contributed by atoms with E-state index in [4.69, 9.17) is 0 Å². The lowest BCUT2D eigenvalue weighted by atomic mass is 9.95. The third-order valence-electron chi connectivity index (χ3n) is 4.69. The average molecular weight is 327 g/mol. The summed E-state index contributed by atoms with van der Waals surface area (Å²) in [5, 5.41) is 12.1. The fourth-order valence-electron chi connectivity index (χ4n) is 3.18. The van der Waals surface area contributed by atoms with Gasteiger partial charge in [-0.2, -0.15) is 0 Å². The van der Waals surface area contributed by atoms with Crippen molar-refractivity contribution >= 4 is 5.91 Å². The number of aromatic hydroxyl groups is 1. The number of carbonyl (C=O) groups excluding carboxylic acids is 1. The van der Waals surface area contributed by atoms with Crippen LogP contribution in [0, 0.1) is 10.4 Å². The quantitative estimate of drug-likeness (QED) is 0.799. The molecule has 0 radical (unpaired) electrons. The molecule has 1 amide bonds. The molecular formula is C20H22FNO2. The van der Waals surface area contributed by atoms with Gasteiger partial charge < -0.3 is 10.0 Å². The highest BCUT2D eigenvalue weighted by atomic mass is 19.1. The summed E-state index contributed by atoms with van der Waals surface area (Å²) in [6, 6.07) is 15.5. The standard InChI is InChI=1S/C14H18FNO2.C6H4/c15-10-14(18)16-8-2-1-3-12(16)9-11-4-6-13(17)7-5-11;1-2-6-4-3-5(1)6/h4-7,12,17H,1-3,8-10H2;1-4H. The Balaban J connectivity index is 0.000000231. The minimum atomic E-state index is -0.911. The predicted molar refractivity (Wildman–Crippen MR) is 91.3 cm³/mol. The van der Waals surface area contributed by atoms with Crippen molar-refractivity contribution in [2.75, 3.05) is 13.2 Å². The minimum absolute atomic E-state index is 0.0894. The van der Waals surface area contributed by atoms with Gasteiger partial charge in [-0.1, -0.05) is 36.4 Å². The summed E-state index contributed by atoms with van der Waals surface area (Å²) in [4.78, 5) is 13.2. The van der Waals surface area contributed by atoms with Crippen LogP contribution >= 0.6 is 0 Å². The van der Waals surface area contributed by atoms with Gasteiger partial charge in [0.05, 0.1) is 0 Å². The SMILES string of the molecule is O=C(CF)N1CCCCC1Cc1ccc(O)cc1.c1cc2ccc1=2. The maximum absolute atomic E-state index is 12.5. The monoisotopic (exact) mass is 327 g/mol. The Morgan fingerprint density at radius 1 is 1.04 bits per heavy atom. The van der Waals surface area contributed by atoms with Crippen LogP contribution in [0.15, 0.2) is 48.5 Å². The molecule has 4 heteroatoms. The summed E-state index contributed by atoms with van der Waals surface area (Å²) in [7, 11) is 0. The molecular weight excluding hydrogens is 305 g/mol. The van der Waals surface area contributed by atoms with Crippen LogP contribution < -0.4 is 0 Å². The van der Waals surface area contributed by atoms with Crippen LogP contribution in [0.25, 0.3) is 0 Å². The fraction of sp³-hybridized carbons (Fsp3) is 0.350. The number of alkyl halides is 1. The van der Waals surface area contributed by atoms with Gasteiger partial charge in [0.2, 0.25) is 0 Å². The number of rotatable bonds is 3. The van der Waals surface area contributed by atoms with Gasteiger partial charge in [-0.15, -0.1) is 0 Å². The first kappa shape index (κ1) is 16.5. The largest absolute Gasteiger partial charge is 0.508 e. The molecule has 3 aliphatic rings. The molecule has 2 aliphatic carbocycles. The molecule has 0 aromatic heterocycles. The summed E-state index contributed by atoms with van der Waals surface area (Å²) in [5.41, 5.74) is 1.07. The maximum atomic E-state index is 12.5. The van der Waals surface area contributed by atoms with Crippen LogP contribution in [0.1, 0.15) is 24.8 Å². The van der Waals surface area contributed by atoms with Crippen molar-refractivity contribution in [2.24, 2.45) is 0 Å². The van der Waals surface area contributed by atoms with Crippen LogP contribution in [0.5, 0.6) is 5.75 Å². The van der Waals surface area contributed by atoms with Crippen LogP contribution in [-0.4, -0.2) is 35.2 Å². The van der Waals surface area contributed by atoms with Crippen LogP contribution in [0.4, 0.5) is 4.39 Å². The molecule has 1 fully saturated rings. The molecule has 1 aromatic carbocycles. The highest BCUT2D eigenvalue weighted by molar-refractivity contribution is 5.77. The predicted octanol–water partition coefficient (Wildman–Crippen LogP) is 3.57. The van der Waals surface area contributed by atoms with Crippen molar-refractivity contribution in [3.63, 3.8) is 0 Å². The highest BCUT2D eigenvalue weighted by Gasteiger charge is 2.26. The van der Waals surface area contributed by atoms with Crippen LogP contribution in [0.2, 0.25) is 0 Å². The van der Waals surface area contributed by atoms with E-state index in [-0.39, 0.29) is 11.8 Å². The Morgan fingerprint density at radius 3 is 2.17 bits per heavy atom. The number of benzene rings is 2. The lowest BCUT2D eigenvalue weighted by Gasteiger charge is -2.35. The van der Waals surface area contributed by atoms with Crippen LogP contribution in [-0.2, 0) is 11.2 Å². The lowest BCUT2D eigenvalue weighted by molar-refractivity contribution is -0.135. The number of halogens is 1. The molecule has 0 saturated carbocycles. The first-order chi connectivity index (χ1) is 11.7. The van der Waals surface area contributed by atoms with Crippen molar-refractivity contribution in [1.82, 2.24) is 4.90 Å².